The fraction of sp³-hybridized carbons (Fsp3) is 0.444. The number of rotatable bonds is 5. The number of nitrogens with one attached hydrogen (secondary N) is 1. The minimum atomic E-state index is -0.000449. The van der Waals surface area contributed by atoms with Crippen molar-refractivity contribution in [3.8, 4) is 17.0 Å². The van der Waals surface area contributed by atoms with Crippen LogP contribution in [0.1, 0.15) is 23.3 Å². The van der Waals surface area contributed by atoms with Gasteiger partial charge in [0, 0.05) is 32.4 Å². The summed E-state index contributed by atoms with van der Waals surface area (Å²) in [5, 5.41) is 7.15. The van der Waals surface area contributed by atoms with E-state index >= 15 is 0 Å². The average Bonchev–Trinajstić information content (AvgIpc) is 3.12. The van der Waals surface area contributed by atoms with Crippen LogP contribution in [0, 0.1) is 5.92 Å². The number of nitrogens with zero attached hydrogens (tertiary/aromatic N) is 2. The first-order chi connectivity index (χ1) is 11.7. The van der Waals surface area contributed by atoms with Gasteiger partial charge in [0.05, 0.1) is 12.8 Å². The number of hydrogen-bond acceptors (Lipinski definition) is 4. The van der Waals surface area contributed by atoms with Gasteiger partial charge in [-0.3, -0.25) is 9.89 Å². The number of H-pyrrole nitrogens is 1. The molecule has 0 atom stereocenters. The average molecular weight is 329 g/mol. The predicted molar refractivity (Wildman–Crippen MR) is 91.1 cm³/mol. The summed E-state index contributed by atoms with van der Waals surface area (Å²) in [7, 11) is 3.35. The number of hydrogen-bond donors (Lipinski definition) is 1. The molecule has 1 N–H and O–H groups in total. The second-order valence-corrected chi connectivity index (χ2v) is 6.06. The number of carbonyl (C=O) groups excluding carboxylic acids is 1. The molecule has 1 aliphatic rings. The van der Waals surface area contributed by atoms with Crippen LogP contribution in [0.15, 0.2) is 30.3 Å². The number of aromatic amines is 1. The quantitative estimate of drug-likeness (QED) is 0.915. The fourth-order valence-electron chi connectivity index (χ4n) is 3.13. The van der Waals surface area contributed by atoms with Crippen molar-refractivity contribution in [2.24, 2.45) is 5.92 Å². The summed E-state index contributed by atoms with van der Waals surface area (Å²) in [5.74, 6) is 1.29. The van der Waals surface area contributed by atoms with Gasteiger partial charge in [-0.2, -0.15) is 5.10 Å². The van der Waals surface area contributed by atoms with Crippen molar-refractivity contribution in [1.29, 1.82) is 0 Å². The smallest absolute Gasteiger partial charge is 0.271 e. The van der Waals surface area contributed by atoms with E-state index in [2.05, 4.69) is 10.2 Å². The molecule has 1 fully saturated rings. The highest BCUT2D eigenvalue weighted by atomic mass is 16.5. The minimum absolute atomic E-state index is 0.000449. The Morgan fingerprint density at radius 3 is 2.75 bits per heavy atom. The monoisotopic (exact) mass is 329 g/mol. The molecule has 0 aliphatic carbocycles. The second kappa shape index (κ2) is 7.49. The number of aromatic nitrogens is 2. The molecule has 6 nitrogen and oxygen atoms in total. The van der Waals surface area contributed by atoms with Gasteiger partial charge in [-0.15, -0.1) is 0 Å². The molecular weight excluding hydrogens is 306 g/mol. The first kappa shape index (κ1) is 16.5. The molecule has 2 heterocycles. The highest BCUT2D eigenvalue weighted by Crippen LogP contribution is 2.28. The summed E-state index contributed by atoms with van der Waals surface area (Å²) < 4.78 is 10.6. The number of carbonyl (C=O) groups is 1. The molecule has 1 aromatic heterocycles. The molecule has 1 aliphatic heterocycles. The van der Waals surface area contributed by atoms with Crippen LogP contribution in [0.25, 0.3) is 11.3 Å². The van der Waals surface area contributed by atoms with Gasteiger partial charge in [-0.25, -0.2) is 0 Å². The molecule has 1 saturated heterocycles. The van der Waals surface area contributed by atoms with E-state index in [0.29, 0.717) is 17.3 Å². The van der Waals surface area contributed by atoms with Crippen LogP contribution < -0.4 is 4.74 Å². The Morgan fingerprint density at radius 2 is 2.04 bits per heavy atom. The van der Waals surface area contributed by atoms with E-state index in [1.165, 1.54) is 0 Å². The van der Waals surface area contributed by atoms with Crippen molar-refractivity contribution in [2.45, 2.75) is 12.8 Å². The predicted octanol–water partition coefficient (Wildman–Crippen LogP) is 2.58. The van der Waals surface area contributed by atoms with E-state index in [-0.39, 0.29) is 5.91 Å². The molecule has 0 bridgehead atoms. The third-order valence-electron chi connectivity index (χ3n) is 4.50. The van der Waals surface area contributed by atoms with E-state index < -0.39 is 0 Å². The highest BCUT2D eigenvalue weighted by molar-refractivity contribution is 5.93. The zero-order valence-corrected chi connectivity index (χ0v) is 14.1. The zero-order valence-electron chi connectivity index (χ0n) is 14.1. The molecule has 0 radical (unpaired) electrons. The SMILES string of the molecule is COCC1CCN(C(=O)c2cc(-c3ccccc3OC)n[nH]2)CC1. The normalized spacial score (nSPS) is 15.5. The summed E-state index contributed by atoms with van der Waals surface area (Å²) in [5.41, 5.74) is 2.10. The summed E-state index contributed by atoms with van der Waals surface area (Å²) >= 11 is 0. The Hall–Kier alpha value is -2.34. The van der Waals surface area contributed by atoms with Gasteiger partial charge < -0.3 is 14.4 Å². The molecule has 128 valence electrons. The standard InChI is InChI=1S/C18H23N3O3/c1-23-12-13-7-9-21(10-8-13)18(22)16-11-15(19-20-16)14-5-3-4-6-17(14)24-2/h3-6,11,13H,7-10,12H2,1-2H3,(H,19,20). The Labute approximate surface area is 141 Å². The summed E-state index contributed by atoms with van der Waals surface area (Å²) in [6.07, 6.45) is 1.96. The molecule has 6 heteroatoms. The number of benzene rings is 1. The van der Waals surface area contributed by atoms with Crippen LogP contribution in [0.3, 0.4) is 0 Å². The lowest BCUT2D eigenvalue weighted by molar-refractivity contribution is 0.0608. The Morgan fingerprint density at radius 1 is 1.29 bits per heavy atom. The van der Waals surface area contributed by atoms with Crippen LogP contribution in [0.4, 0.5) is 0 Å². The van der Waals surface area contributed by atoms with Gasteiger partial charge in [-0.05, 0) is 37.0 Å². The van der Waals surface area contributed by atoms with Gasteiger partial charge in [-0.1, -0.05) is 12.1 Å². The first-order valence-corrected chi connectivity index (χ1v) is 8.20. The van der Waals surface area contributed by atoms with E-state index in [4.69, 9.17) is 9.47 Å². The molecule has 24 heavy (non-hydrogen) atoms. The summed E-state index contributed by atoms with van der Waals surface area (Å²) in [6.45, 7) is 2.29. The maximum atomic E-state index is 12.7. The van der Waals surface area contributed by atoms with Crippen LogP contribution in [0.5, 0.6) is 5.75 Å². The number of ether oxygens (including phenoxy) is 2. The minimum Gasteiger partial charge on any atom is -0.496 e. The fourth-order valence-corrected chi connectivity index (χ4v) is 3.13. The molecule has 0 spiro atoms. The molecule has 0 unspecified atom stereocenters. The number of para-hydroxylation sites is 1. The molecule has 3 rings (SSSR count). The first-order valence-electron chi connectivity index (χ1n) is 8.20. The van der Waals surface area contributed by atoms with Gasteiger partial charge in [0.2, 0.25) is 0 Å². The number of methoxy groups -OCH3 is 2. The van der Waals surface area contributed by atoms with Crippen LogP contribution in [-0.4, -0.2) is 54.9 Å². The van der Waals surface area contributed by atoms with Gasteiger partial charge in [0.1, 0.15) is 11.4 Å². The molecule has 1 aromatic carbocycles. The largest absolute Gasteiger partial charge is 0.496 e. The topological polar surface area (TPSA) is 67.4 Å². The lowest BCUT2D eigenvalue weighted by atomic mass is 9.97. The molecule has 1 amide bonds. The zero-order chi connectivity index (χ0) is 16.9. The Bertz CT molecular complexity index is 690. The Kier molecular flexibility index (Phi) is 5.15. The molecular formula is C18H23N3O3. The lowest BCUT2D eigenvalue weighted by Gasteiger charge is -2.31. The van der Waals surface area contributed by atoms with Crippen LogP contribution in [-0.2, 0) is 4.74 Å². The maximum Gasteiger partial charge on any atom is 0.271 e. The third-order valence-corrected chi connectivity index (χ3v) is 4.50. The molecule has 0 saturated carbocycles. The number of piperidine rings is 1. The second-order valence-electron chi connectivity index (χ2n) is 6.06. The van der Waals surface area contributed by atoms with Crippen molar-refractivity contribution < 1.29 is 14.3 Å². The van der Waals surface area contributed by atoms with E-state index in [0.717, 1.165) is 43.9 Å². The van der Waals surface area contributed by atoms with Gasteiger partial charge in [0.15, 0.2) is 0 Å². The van der Waals surface area contributed by atoms with Crippen molar-refractivity contribution in [1.82, 2.24) is 15.1 Å². The van der Waals surface area contributed by atoms with E-state index in [1.807, 2.05) is 29.2 Å². The third kappa shape index (κ3) is 3.43. The van der Waals surface area contributed by atoms with E-state index in [9.17, 15) is 4.79 Å². The van der Waals surface area contributed by atoms with Crippen LogP contribution in [0.2, 0.25) is 0 Å². The number of amides is 1. The maximum absolute atomic E-state index is 12.7. The summed E-state index contributed by atoms with van der Waals surface area (Å²) in [6, 6.07) is 9.44. The van der Waals surface area contributed by atoms with E-state index in [1.54, 1.807) is 20.3 Å². The molecule has 2 aromatic rings. The Balaban J connectivity index is 1.70. The van der Waals surface area contributed by atoms with Crippen molar-refractivity contribution in [2.75, 3.05) is 33.9 Å². The summed E-state index contributed by atoms with van der Waals surface area (Å²) in [4.78, 5) is 14.5. The van der Waals surface area contributed by atoms with Crippen LogP contribution >= 0.6 is 0 Å². The highest BCUT2D eigenvalue weighted by Gasteiger charge is 2.25. The lowest BCUT2D eigenvalue weighted by Crippen LogP contribution is -2.39. The van der Waals surface area contributed by atoms with Crippen molar-refractivity contribution in [3.05, 3.63) is 36.0 Å². The van der Waals surface area contributed by atoms with Gasteiger partial charge >= 0.3 is 0 Å². The van der Waals surface area contributed by atoms with Crippen molar-refractivity contribution >= 4 is 5.91 Å². The number of likely N-dealkylation sites (tertiary alicyclic amines) is 1. The van der Waals surface area contributed by atoms with Crippen molar-refractivity contribution in [3.63, 3.8) is 0 Å². The van der Waals surface area contributed by atoms with Gasteiger partial charge in [0.25, 0.3) is 5.91 Å².